The molecule has 0 radical (unpaired) electrons. The lowest BCUT2D eigenvalue weighted by Crippen LogP contribution is -2.42. The van der Waals surface area contributed by atoms with Gasteiger partial charge in [0.2, 0.25) is 0 Å². The number of hydrogen-bond donors (Lipinski definition) is 0. The molecular weight excluding hydrogens is 238 g/mol. The molecule has 0 aromatic carbocycles. The van der Waals surface area contributed by atoms with Crippen molar-refractivity contribution in [1.29, 1.82) is 0 Å². The zero-order chi connectivity index (χ0) is 12.8. The van der Waals surface area contributed by atoms with E-state index in [4.69, 9.17) is 0 Å². The van der Waals surface area contributed by atoms with E-state index in [-0.39, 0.29) is 5.91 Å². The van der Waals surface area contributed by atoms with E-state index in [2.05, 4.69) is 14.9 Å². The minimum atomic E-state index is 0.0892. The van der Waals surface area contributed by atoms with Gasteiger partial charge in [0.1, 0.15) is 5.69 Å². The number of fused-ring (bicyclic) bond motifs is 1. The molecule has 4 aliphatic rings. The Morgan fingerprint density at radius 3 is 2.47 bits per heavy atom. The van der Waals surface area contributed by atoms with Crippen molar-refractivity contribution in [2.75, 3.05) is 6.54 Å². The third-order valence-electron chi connectivity index (χ3n) is 5.15. The van der Waals surface area contributed by atoms with Crippen molar-refractivity contribution < 1.29 is 4.79 Å². The van der Waals surface area contributed by atoms with Crippen LogP contribution < -0.4 is 0 Å². The molecule has 0 N–H and O–H groups in total. The molecule has 5 rings (SSSR count). The fourth-order valence-electron chi connectivity index (χ4n) is 4.59. The van der Waals surface area contributed by atoms with Crippen LogP contribution in [0.25, 0.3) is 0 Å². The minimum Gasteiger partial charge on any atom is -0.334 e. The van der Waals surface area contributed by atoms with Crippen molar-refractivity contribution in [2.24, 2.45) is 17.8 Å². The number of amides is 1. The van der Waals surface area contributed by atoms with E-state index >= 15 is 0 Å². The van der Waals surface area contributed by atoms with E-state index in [9.17, 15) is 4.79 Å². The van der Waals surface area contributed by atoms with E-state index < -0.39 is 0 Å². The van der Waals surface area contributed by atoms with Gasteiger partial charge in [0.05, 0.1) is 6.20 Å². The number of hydrogen-bond acceptors (Lipinski definition) is 3. The molecule has 1 aromatic rings. The van der Waals surface area contributed by atoms with Crippen LogP contribution in [0.2, 0.25) is 0 Å². The van der Waals surface area contributed by atoms with Gasteiger partial charge in [0.15, 0.2) is 0 Å². The molecule has 0 spiro atoms. The summed E-state index contributed by atoms with van der Waals surface area (Å²) in [6, 6.07) is 0.450. The molecular formula is C15H19N3O. The van der Waals surface area contributed by atoms with Crippen LogP contribution >= 0.6 is 0 Å². The van der Waals surface area contributed by atoms with Crippen molar-refractivity contribution in [1.82, 2.24) is 14.9 Å². The Morgan fingerprint density at radius 1 is 1.05 bits per heavy atom. The number of carbonyl (C=O) groups is 1. The Labute approximate surface area is 113 Å². The standard InChI is InChI=1S/C15H19N3O/c19-15(14-8-16-1-2-17-14)18-9-12-4-10-3-11(5-12)7-13(18)6-10/h1-2,8,10-13H,3-7,9H2. The molecule has 100 valence electrons. The summed E-state index contributed by atoms with van der Waals surface area (Å²) in [5, 5.41) is 0. The molecule has 2 aliphatic carbocycles. The third kappa shape index (κ3) is 1.94. The maximum atomic E-state index is 12.6. The molecule has 2 saturated carbocycles. The molecule has 4 bridgehead atoms. The highest BCUT2D eigenvalue weighted by Crippen LogP contribution is 2.47. The first-order chi connectivity index (χ1) is 9.29. The van der Waals surface area contributed by atoms with Gasteiger partial charge < -0.3 is 4.90 Å². The van der Waals surface area contributed by atoms with Crippen LogP contribution in [0.15, 0.2) is 18.6 Å². The van der Waals surface area contributed by atoms with Gasteiger partial charge in [-0.05, 0) is 49.9 Å². The smallest absolute Gasteiger partial charge is 0.274 e. The van der Waals surface area contributed by atoms with E-state index in [1.54, 1.807) is 18.6 Å². The SMILES string of the molecule is O=C(c1cnccn1)N1CC2CC3CC(C2)CC1C3. The summed E-state index contributed by atoms with van der Waals surface area (Å²) in [4.78, 5) is 22.9. The quantitative estimate of drug-likeness (QED) is 0.774. The Kier molecular flexibility index (Phi) is 2.57. The summed E-state index contributed by atoms with van der Waals surface area (Å²) in [5.41, 5.74) is 0.503. The maximum absolute atomic E-state index is 12.6. The molecule has 4 heteroatoms. The van der Waals surface area contributed by atoms with E-state index in [0.29, 0.717) is 11.7 Å². The lowest BCUT2D eigenvalue weighted by Gasteiger charge is -2.38. The third-order valence-corrected chi connectivity index (χ3v) is 5.15. The highest BCUT2D eigenvalue weighted by Gasteiger charge is 2.44. The van der Waals surface area contributed by atoms with Crippen molar-refractivity contribution >= 4 is 5.91 Å². The lowest BCUT2D eigenvalue weighted by atomic mass is 9.68. The van der Waals surface area contributed by atoms with Crippen molar-refractivity contribution in [3.63, 3.8) is 0 Å². The highest BCUT2D eigenvalue weighted by atomic mass is 16.2. The Bertz CT molecular complexity index is 475. The maximum Gasteiger partial charge on any atom is 0.274 e. The van der Waals surface area contributed by atoms with Crippen molar-refractivity contribution in [3.8, 4) is 0 Å². The summed E-state index contributed by atoms with van der Waals surface area (Å²) >= 11 is 0. The predicted molar refractivity (Wildman–Crippen MR) is 70.4 cm³/mol. The fourth-order valence-corrected chi connectivity index (χ4v) is 4.59. The van der Waals surface area contributed by atoms with Crippen LogP contribution in [-0.4, -0.2) is 33.4 Å². The largest absolute Gasteiger partial charge is 0.334 e. The van der Waals surface area contributed by atoms with Crippen molar-refractivity contribution in [3.05, 3.63) is 24.3 Å². The summed E-state index contributed by atoms with van der Waals surface area (Å²) in [6.07, 6.45) is 11.3. The number of carbonyl (C=O) groups excluding carboxylic acids is 1. The van der Waals surface area contributed by atoms with Gasteiger partial charge in [-0.1, -0.05) is 0 Å². The first-order valence-corrected chi connectivity index (χ1v) is 7.36. The monoisotopic (exact) mass is 257 g/mol. The second-order valence-corrected chi connectivity index (χ2v) is 6.48. The minimum absolute atomic E-state index is 0.0892. The second kappa shape index (κ2) is 4.29. The number of nitrogens with zero attached hydrogens (tertiary/aromatic N) is 3. The van der Waals surface area contributed by atoms with Gasteiger partial charge in [-0.15, -0.1) is 0 Å². The average Bonchev–Trinajstić information content (AvgIpc) is 2.63. The molecule has 19 heavy (non-hydrogen) atoms. The van der Waals surface area contributed by atoms with Crippen LogP contribution in [0.3, 0.4) is 0 Å². The number of rotatable bonds is 1. The van der Waals surface area contributed by atoms with Crippen LogP contribution in [0, 0.1) is 17.8 Å². The molecule has 1 amide bonds. The molecule has 2 unspecified atom stereocenters. The number of aromatic nitrogens is 2. The van der Waals surface area contributed by atoms with E-state index in [1.165, 1.54) is 32.1 Å². The van der Waals surface area contributed by atoms with Gasteiger partial charge in [-0.3, -0.25) is 9.78 Å². The predicted octanol–water partition coefficient (Wildman–Crippen LogP) is 2.13. The van der Waals surface area contributed by atoms with Crippen molar-refractivity contribution in [2.45, 2.75) is 38.1 Å². The fraction of sp³-hybridized carbons (Fsp3) is 0.667. The zero-order valence-electron chi connectivity index (χ0n) is 11.0. The highest BCUT2D eigenvalue weighted by molar-refractivity contribution is 5.92. The van der Waals surface area contributed by atoms with Crippen LogP contribution in [0.5, 0.6) is 0 Å². The zero-order valence-corrected chi connectivity index (χ0v) is 11.0. The average molecular weight is 257 g/mol. The molecule has 2 aliphatic heterocycles. The molecule has 2 atom stereocenters. The van der Waals surface area contributed by atoms with E-state index in [0.717, 1.165) is 24.3 Å². The Morgan fingerprint density at radius 2 is 1.79 bits per heavy atom. The van der Waals surface area contributed by atoms with Gasteiger partial charge in [-0.2, -0.15) is 0 Å². The normalized spacial score (nSPS) is 36.3. The van der Waals surface area contributed by atoms with Crippen LogP contribution in [0.1, 0.15) is 42.6 Å². The summed E-state index contributed by atoms with van der Waals surface area (Å²) in [6.45, 7) is 0.938. The van der Waals surface area contributed by atoms with Gasteiger partial charge in [0, 0.05) is 25.0 Å². The van der Waals surface area contributed by atoms with E-state index in [1.807, 2.05) is 0 Å². The van der Waals surface area contributed by atoms with Gasteiger partial charge in [-0.25, -0.2) is 4.98 Å². The molecule has 2 saturated heterocycles. The molecule has 4 nitrogen and oxygen atoms in total. The van der Waals surface area contributed by atoms with Crippen LogP contribution in [0.4, 0.5) is 0 Å². The Hall–Kier alpha value is -1.45. The first kappa shape index (κ1) is 11.4. The summed E-state index contributed by atoms with van der Waals surface area (Å²) in [7, 11) is 0. The van der Waals surface area contributed by atoms with Gasteiger partial charge >= 0.3 is 0 Å². The first-order valence-electron chi connectivity index (χ1n) is 7.36. The molecule has 4 fully saturated rings. The Balaban J connectivity index is 1.63. The summed E-state index contributed by atoms with van der Waals surface area (Å²) in [5.74, 6) is 2.53. The summed E-state index contributed by atoms with van der Waals surface area (Å²) < 4.78 is 0. The van der Waals surface area contributed by atoms with Crippen LogP contribution in [-0.2, 0) is 0 Å². The molecule has 1 aromatic heterocycles. The molecule has 3 heterocycles. The van der Waals surface area contributed by atoms with Gasteiger partial charge in [0.25, 0.3) is 5.91 Å². The lowest BCUT2D eigenvalue weighted by molar-refractivity contribution is 0.0626. The topological polar surface area (TPSA) is 46.1 Å². The second-order valence-electron chi connectivity index (χ2n) is 6.48.